The van der Waals surface area contributed by atoms with E-state index in [2.05, 4.69) is 10.1 Å². The Balaban J connectivity index is 2.82. The maximum atomic E-state index is 12.2. The molecule has 5 nitrogen and oxygen atoms in total. The molecule has 0 aromatic heterocycles. The van der Waals surface area contributed by atoms with Crippen molar-refractivity contribution in [2.75, 3.05) is 6.54 Å². The Bertz CT molecular complexity index is 494. The van der Waals surface area contributed by atoms with Crippen molar-refractivity contribution in [3.8, 4) is 5.75 Å². The Morgan fingerprint density at radius 3 is 2.30 bits per heavy atom. The van der Waals surface area contributed by atoms with Gasteiger partial charge in [-0.2, -0.15) is 8.78 Å². The van der Waals surface area contributed by atoms with Crippen LogP contribution in [0.4, 0.5) is 8.78 Å². The van der Waals surface area contributed by atoms with Crippen LogP contribution in [0.15, 0.2) is 12.1 Å². The molecule has 0 aliphatic heterocycles. The lowest BCUT2D eigenvalue weighted by atomic mass is 10.1. The van der Waals surface area contributed by atoms with Crippen LogP contribution >= 0.6 is 0 Å². The molecule has 0 aliphatic rings. The van der Waals surface area contributed by atoms with E-state index in [1.165, 1.54) is 12.1 Å². The number of alkyl halides is 2. The Kier molecular flexibility index (Phi) is 5.42. The largest absolute Gasteiger partial charge is 0.481 e. The van der Waals surface area contributed by atoms with Gasteiger partial charge in [0.2, 0.25) is 0 Å². The van der Waals surface area contributed by atoms with Gasteiger partial charge >= 0.3 is 12.6 Å². The van der Waals surface area contributed by atoms with Gasteiger partial charge in [0, 0.05) is 12.1 Å². The molecule has 7 heteroatoms. The molecule has 0 heterocycles. The molecule has 0 saturated carbocycles. The fourth-order valence-corrected chi connectivity index (χ4v) is 1.74. The molecule has 0 bridgehead atoms. The van der Waals surface area contributed by atoms with E-state index >= 15 is 0 Å². The van der Waals surface area contributed by atoms with E-state index < -0.39 is 18.5 Å². The highest BCUT2D eigenvalue weighted by Gasteiger charge is 2.14. The monoisotopic (exact) mass is 287 g/mol. The summed E-state index contributed by atoms with van der Waals surface area (Å²) in [4.78, 5) is 22.1. The van der Waals surface area contributed by atoms with Crippen LogP contribution in [0, 0.1) is 13.8 Å². The van der Waals surface area contributed by atoms with Gasteiger partial charge in [-0.15, -0.1) is 0 Å². The van der Waals surface area contributed by atoms with Gasteiger partial charge in [-0.1, -0.05) is 0 Å². The number of rotatable bonds is 6. The quantitative estimate of drug-likeness (QED) is 0.840. The van der Waals surface area contributed by atoms with Gasteiger partial charge in [0.05, 0.1) is 6.42 Å². The minimum absolute atomic E-state index is 0.00154. The normalized spacial score (nSPS) is 10.4. The maximum absolute atomic E-state index is 12.2. The summed E-state index contributed by atoms with van der Waals surface area (Å²) < 4.78 is 28.8. The summed E-state index contributed by atoms with van der Waals surface area (Å²) in [6.45, 7) is 0.182. The number of carbonyl (C=O) groups is 2. The predicted molar refractivity (Wildman–Crippen MR) is 67.1 cm³/mol. The third-order valence-electron chi connectivity index (χ3n) is 2.55. The molecule has 0 fully saturated rings. The molecule has 0 spiro atoms. The van der Waals surface area contributed by atoms with Crippen molar-refractivity contribution in [2.24, 2.45) is 0 Å². The number of halogens is 2. The Hall–Kier alpha value is -2.18. The molecular formula is C13H15F2NO4. The third-order valence-corrected chi connectivity index (χ3v) is 2.55. The van der Waals surface area contributed by atoms with Crippen LogP contribution in [0.25, 0.3) is 0 Å². The summed E-state index contributed by atoms with van der Waals surface area (Å²) in [5.74, 6) is -1.43. The molecule has 0 aliphatic carbocycles. The molecule has 0 atom stereocenters. The molecular weight excluding hydrogens is 272 g/mol. The lowest BCUT2D eigenvalue weighted by Gasteiger charge is -2.13. The summed E-state index contributed by atoms with van der Waals surface area (Å²) in [6, 6.07) is 2.83. The number of hydrogen-bond donors (Lipinski definition) is 2. The predicted octanol–water partition coefficient (Wildman–Crippen LogP) is 2.11. The van der Waals surface area contributed by atoms with Gasteiger partial charge in [-0.3, -0.25) is 9.59 Å². The van der Waals surface area contributed by atoms with Gasteiger partial charge in [-0.05, 0) is 37.1 Å². The van der Waals surface area contributed by atoms with Crippen molar-refractivity contribution in [3.05, 3.63) is 28.8 Å². The summed E-state index contributed by atoms with van der Waals surface area (Å²) >= 11 is 0. The molecule has 20 heavy (non-hydrogen) atoms. The number of amides is 1. The lowest BCUT2D eigenvalue weighted by Crippen LogP contribution is -2.26. The van der Waals surface area contributed by atoms with Gasteiger partial charge in [0.25, 0.3) is 5.91 Å². The number of carboxylic acid groups (broad SMARTS) is 1. The average Bonchev–Trinajstić information content (AvgIpc) is 2.32. The topological polar surface area (TPSA) is 75.6 Å². The Morgan fingerprint density at radius 2 is 1.85 bits per heavy atom. The number of carbonyl (C=O) groups excluding carboxylic acids is 1. The summed E-state index contributed by atoms with van der Waals surface area (Å²) in [5, 5.41) is 10.9. The fourth-order valence-electron chi connectivity index (χ4n) is 1.74. The summed E-state index contributed by atoms with van der Waals surface area (Å²) in [7, 11) is 0. The van der Waals surface area contributed by atoms with Crippen LogP contribution in [0.5, 0.6) is 5.75 Å². The number of aryl methyl sites for hydroxylation is 2. The summed E-state index contributed by atoms with van der Waals surface area (Å²) in [6.07, 6.45) is -0.184. The molecule has 2 N–H and O–H groups in total. The number of carboxylic acids is 1. The summed E-state index contributed by atoms with van der Waals surface area (Å²) in [5.41, 5.74) is 1.09. The van der Waals surface area contributed by atoms with Crippen molar-refractivity contribution in [1.29, 1.82) is 0 Å². The highest BCUT2D eigenvalue weighted by atomic mass is 19.3. The zero-order valence-electron chi connectivity index (χ0n) is 11.1. The second kappa shape index (κ2) is 6.83. The lowest BCUT2D eigenvalue weighted by molar-refractivity contribution is -0.136. The van der Waals surface area contributed by atoms with Gasteiger partial charge < -0.3 is 15.2 Å². The first kappa shape index (κ1) is 15.9. The molecule has 110 valence electrons. The molecule has 1 rings (SSSR count). The smallest absolute Gasteiger partial charge is 0.387 e. The zero-order chi connectivity index (χ0) is 15.3. The van der Waals surface area contributed by atoms with Crippen LogP contribution in [-0.2, 0) is 4.79 Å². The van der Waals surface area contributed by atoms with E-state index in [4.69, 9.17) is 5.11 Å². The van der Waals surface area contributed by atoms with Crippen molar-refractivity contribution in [2.45, 2.75) is 26.9 Å². The highest BCUT2D eigenvalue weighted by Crippen LogP contribution is 2.26. The van der Waals surface area contributed by atoms with Crippen molar-refractivity contribution in [1.82, 2.24) is 5.32 Å². The highest BCUT2D eigenvalue weighted by molar-refractivity contribution is 5.95. The van der Waals surface area contributed by atoms with E-state index in [9.17, 15) is 18.4 Å². The Labute approximate surface area is 114 Å². The fraction of sp³-hybridized carbons (Fsp3) is 0.385. The molecule has 0 unspecified atom stereocenters. The minimum atomic E-state index is -2.93. The molecule has 0 radical (unpaired) electrons. The second-order valence-electron chi connectivity index (χ2n) is 4.22. The van der Waals surface area contributed by atoms with Crippen LogP contribution in [0.2, 0.25) is 0 Å². The zero-order valence-corrected chi connectivity index (χ0v) is 11.1. The molecule has 0 saturated heterocycles. The van der Waals surface area contributed by atoms with Crippen molar-refractivity contribution < 1.29 is 28.2 Å². The minimum Gasteiger partial charge on any atom is -0.481 e. The van der Waals surface area contributed by atoms with Crippen LogP contribution < -0.4 is 10.1 Å². The van der Waals surface area contributed by atoms with Crippen LogP contribution in [0.1, 0.15) is 27.9 Å². The average molecular weight is 287 g/mol. The number of ether oxygens (including phenoxy) is 1. The SMILES string of the molecule is Cc1cc(C(=O)NCCC(=O)O)cc(C)c1OC(F)F. The molecule has 1 aromatic rings. The van der Waals surface area contributed by atoms with E-state index in [-0.39, 0.29) is 24.3 Å². The van der Waals surface area contributed by atoms with E-state index in [1.54, 1.807) is 13.8 Å². The van der Waals surface area contributed by atoms with E-state index in [1.807, 2.05) is 0 Å². The standard InChI is InChI=1S/C13H15F2NO4/c1-7-5-9(12(19)16-4-3-10(17)18)6-8(2)11(7)20-13(14)15/h5-6,13H,3-4H2,1-2H3,(H,16,19)(H,17,18). The third kappa shape index (κ3) is 4.49. The number of hydrogen-bond acceptors (Lipinski definition) is 3. The van der Waals surface area contributed by atoms with Crippen LogP contribution in [0.3, 0.4) is 0 Å². The molecule has 1 amide bonds. The first-order valence-electron chi connectivity index (χ1n) is 5.87. The van der Waals surface area contributed by atoms with Crippen molar-refractivity contribution >= 4 is 11.9 Å². The first-order valence-corrected chi connectivity index (χ1v) is 5.87. The maximum Gasteiger partial charge on any atom is 0.387 e. The van der Waals surface area contributed by atoms with E-state index in [0.717, 1.165) is 0 Å². The van der Waals surface area contributed by atoms with Crippen molar-refractivity contribution in [3.63, 3.8) is 0 Å². The second-order valence-corrected chi connectivity index (χ2v) is 4.22. The Morgan fingerprint density at radius 1 is 1.30 bits per heavy atom. The first-order chi connectivity index (χ1) is 9.31. The van der Waals surface area contributed by atoms with E-state index in [0.29, 0.717) is 11.1 Å². The van der Waals surface area contributed by atoms with Crippen LogP contribution in [-0.4, -0.2) is 30.1 Å². The van der Waals surface area contributed by atoms with Gasteiger partial charge in [0.1, 0.15) is 5.75 Å². The number of aliphatic carboxylic acids is 1. The van der Waals surface area contributed by atoms with Gasteiger partial charge in [-0.25, -0.2) is 0 Å². The number of nitrogens with one attached hydrogen (secondary N) is 1. The van der Waals surface area contributed by atoms with Gasteiger partial charge in [0.15, 0.2) is 0 Å². The number of benzene rings is 1. The molecule has 1 aromatic carbocycles.